The Morgan fingerprint density at radius 2 is 2.00 bits per heavy atom. The molecule has 6 heteroatoms. The first-order chi connectivity index (χ1) is 12.0. The molecule has 1 saturated heterocycles. The maximum Gasteiger partial charge on any atom is 0.227 e. The Morgan fingerprint density at radius 1 is 1.24 bits per heavy atom. The Bertz CT molecular complexity index is 736. The van der Waals surface area contributed by atoms with Crippen molar-refractivity contribution in [1.82, 2.24) is 14.8 Å². The first kappa shape index (κ1) is 17.9. The molecule has 25 heavy (non-hydrogen) atoms. The standard InChI is InChI=1S/C19H25N3O2S/c1-14-4-5-16(10-18(14)24-3)11-19(23)22-8-6-21(7-9-22)12-17-13-25-15(2)20-17/h4-5,10,13H,6-9,11-12H2,1-3H3. The Labute approximate surface area is 153 Å². The quantitative estimate of drug-likeness (QED) is 0.823. The van der Waals surface area contributed by atoms with Crippen LogP contribution in [0.4, 0.5) is 0 Å². The van der Waals surface area contributed by atoms with Gasteiger partial charge in [0.15, 0.2) is 0 Å². The molecule has 5 nitrogen and oxygen atoms in total. The minimum absolute atomic E-state index is 0.190. The molecule has 0 aliphatic carbocycles. The van der Waals surface area contributed by atoms with Crippen molar-refractivity contribution in [3.05, 3.63) is 45.4 Å². The number of hydrogen-bond acceptors (Lipinski definition) is 5. The van der Waals surface area contributed by atoms with Crippen LogP contribution in [0.3, 0.4) is 0 Å². The fraction of sp³-hybridized carbons (Fsp3) is 0.474. The number of aromatic nitrogens is 1. The number of benzene rings is 1. The molecule has 0 spiro atoms. The molecule has 1 aromatic carbocycles. The van der Waals surface area contributed by atoms with Crippen LogP contribution in [-0.2, 0) is 17.8 Å². The Kier molecular flexibility index (Phi) is 5.71. The third kappa shape index (κ3) is 4.58. The van der Waals surface area contributed by atoms with Crippen LogP contribution >= 0.6 is 11.3 Å². The molecular formula is C19H25N3O2S. The topological polar surface area (TPSA) is 45.7 Å². The van der Waals surface area contributed by atoms with Crippen molar-refractivity contribution < 1.29 is 9.53 Å². The van der Waals surface area contributed by atoms with Crippen molar-refractivity contribution >= 4 is 17.2 Å². The molecule has 0 unspecified atom stereocenters. The van der Waals surface area contributed by atoms with Crippen LogP contribution in [-0.4, -0.2) is 54.0 Å². The summed E-state index contributed by atoms with van der Waals surface area (Å²) >= 11 is 1.69. The van der Waals surface area contributed by atoms with E-state index < -0.39 is 0 Å². The summed E-state index contributed by atoms with van der Waals surface area (Å²) in [5, 5.41) is 3.23. The molecule has 1 aliphatic heterocycles. The first-order valence-corrected chi connectivity index (χ1v) is 9.48. The second-order valence-electron chi connectivity index (χ2n) is 6.50. The Balaban J connectivity index is 1.51. The fourth-order valence-electron chi connectivity index (χ4n) is 3.13. The van der Waals surface area contributed by atoms with E-state index in [1.807, 2.05) is 36.9 Å². The van der Waals surface area contributed by atoms with E-state index in [4.69, 9.17) is 4.74 Å². The number of nitrogens with zero attached hydrogens (tertiary/aromatic N) is 3. The number of aryl methyl sites for hydroxylation is 2. The van der Waals surface area contributed by atoms with Gasteiger partial charge in [0.05, 0.1) is 24.2 Å². The van der Waals surface area contributed by atoms with Gasteiger partial charge in [-0.15, -0.1) is 11.3 Å². The monoisotopic (exact) mass is 359 g/mol. The number of methoxy groups -OCH3 is 1. The van der Waals surface area contributed by atoms with E-state index in [0.29, 0.717) is 6.42 Å². The summed E-state index contributed by atoms with van der Waals surface area (Å²) in [6, 6.07) is 5.99. The zero-order valence-corrected chi connectivity index (χ0v) is 15.9. The van der Waals surface area contributed by atoms with E-state index in [1.165, 1.54) is 0 Å². The summed E-state index contributed by atoms with van der Waals surface area (Å²) in [6.45, 7) is 8.29. The number of piperazine rings is 1. The predicted octanol–water partition coefficient (Wildman–Crippen LogP) is 2.66. The lowest BCUT2D eigenvalue weighted by atomic mass is 10.1. The number of hydrogen-bond donors (Lipinski definition) is 0. The van der Waals surface area contributed by atoms with Gasteiger partial charge in [-0.2, -0.15) is 0 Å². The summed E-state index contributed by atoms with van der Waals surface area (Å²) in [5.74, 6) is 1.03. The average Bonchev–Trinajstić information content (AvgIpc) is 3.02. The molecule has 0 N–H and O–H groups in total. The zero-order valence-electron chi connectivity index (χ0n) is 15.1. The van der Waals surface area contributed by atoms with Crippen molar-refractivity contribution in [2.75, 3.05) is 33.3 Å². The summed E-state index contributed by atoms with van der Waals surface area (Å²) in [7, 11) is 1.66. The molecule has 0 radical (unpaired) electrons. The molecule has 0 atom stereocenters. The molecule has 0 bridgehead atoms. The van der Waals surface area contributed by atoms with Crippen molar-refractivity contribution in [3.8, 4) is 5.75 Å². The van der Waals surface area contributed by atoms with Crippen LogP contribution in [0.15, 0.2) is 23.6 Å². The minimum Gasteiger partial charge on any atom is -0.496 e. The van der Waals surface area contributed by atoms with Crippen LogP contribution in [0.5, 0.6) is 5.75 Å². The molecule has 1 aliphatic rings. The minimum atomic E-state index is 0.190. The lowest BCUT2D eigenvalue weighted by Crippen LogP contribution is -2.48. The van der Waals surface area contributed by atoms with Crippen LogP contribution in [0.25, 0.3) is 0 Å². The number of rotatable bonds is 5. The van der Waals surface area contributed by atoms with Crippen LogP contribution in [0.2, 0.25) is 0 Å². The smallest absolute Gasteiger partial charge is 0.227 e. The van der Waals surface area contributed by atoms with Gasteiger partial charge in [-0.1, -0.05) is 12.1 Å². The van der Waals surface area contributed by atoms with Crippen LogP contribution in [0.1, 0.15) is 21.8 Å². The lowest BCUT2D eigenvalue weighted by Gasteiger charge is -2.34. The van der Waals surface area contributed by atoms with Gasteiger partial charge in [0, 0.05) is 38.1 Å². The molecule has 2 aromatic rings. The molecule has 1 amide bonds. The third-order valence-corrected chi connectivity index (χ3v) is 5.43. The maximum atomic E-state index is 12.6. The van der Waals surface area contributed by atoms with Gasteiger partial charge in [-0.05, 0) is 31.0 Å². The van der Waals surface area contributed by atoms with E-state index in [2.05, 4.69) is 15.3 Å². The van der Waals surface area contributed by atoms with Gasteiger partial charge < -0.3 is 9.64 Å². The highest BCUT2D eigenvalue weighted by atomic mass is 32.1. The van der Waals surface area contributed by atoms with Crippen LogP contribution < -0.4 is 4.74 Å². The number of amides is 1. The maximum absolute atomic E-state index is 12.6. The number of ether oxygens (including phenoxy) is 1. The molecule has 0 saturated carbocycles. The van der Waals surface area contributed by atoms with Gasteiger partial charge >= 0.3 is 0 Å². The normalized spacial score (nSPS) is 15.4. The van der Waals surface area contributed by atoms with Crippen molar-refractivity contribution in [2.45, 2.75) is 26.8 Å². The largest absolute Gasteiger partial charge is 0.496 e. The molecule has 1 fully saturated rings. The van der Waals surface area contributed by atoms with E-state index in [9.17, 15) is 4.79 Å². The first-order valence-electron chi connectivity index (χ1n) is 8.60. The zero-order chi connectivity index (χ0) is 17.8. The van der Waals surface area contributed by atoms with Gasteiger partial charge in [0.25, 0.3) is 0 Å². The van der Waals surface area contributed by atoms with Crippen molar-refractivity contribution in [1.29, 1.82) is 0 Å². The van der Waals surface area contributed by atoms with Gasteiger partial charge in [0.1, 0.15) is 5.75 Å². The Hall–Kier alpha value is -1.92. The number of carbonyl (C=O) groups excluding carboxylic acids is 1. The van der Waals surface area contributed by atoms with Crippen LogP contribution in [0, 0.1) is 13.8 Å². The highest BCUT2D eigenvalue weighted by Crippen LogP contribution is 2.20. The molecule has 2 heterocycles. The third-order valence-electron chi connectivity index (χ3n) is 4.60. The molecular weight excluding hydrogens is 334 g/mol. The van der Waals surface area contributed by atoms with Gasteiger partial charge in [-0.25, -0.2) is 4.98 Å². The van der Waals surface area contributed by atoms with Crippen molar-refractivity contribution in [3.63, 3.8) is 0 Å². The van der Waals surface area contributed by atoms with Crippen molar-refractivity contribution in [2.24, 2.45) is 0 Å². The molecule has 3 rings (SSSR count). The Morgan fingerprint density at radius 3 is 2.64 bits per heavy atom. The van der Waals surface area contributed by atoms with E-state index >= 15 is 0 Å². The highest BCUT2D eigenvalue weighted by Gasteiger charge is 2.21. The predicted molar refractivity (Wildman–Crippen MR) is 100 cm³/mol. The van der Waals surface area contributed by atoms with Gasteiger partial charge in [-0.3, -0.25) is 9.69 Å². The second kappa shape index (κ2) is 7.97. The van der Waals surface area contributed by atoms with E-state index in [1.54, 1.807) is 18.4 Å². The van der Waals surface area contributed by atoms with E-state index in [0.717, 1.165) is 60.3 Å². The average molecular weight is 359 g/mol. The number of carbonyl (C=O) groups is 1. The molecule has 1 aromatic heterocycles. The highest BCUT2D eigenvalue weighted by molar-refractivity contribution is 7.09. The summed E-state index contributed by atoms with van der Waals surface area (Å²) < 4.78 is 5.35. The number of thiazole rings is 1. The lowest BCUT2D eigenvalue weighted by molar-refractivity contribution is -0.132. The summed E-state index contributed by atoms with van der Waals surface area (Å²) in [5.41, 5.74) is 3.23. The second-order valence-corrected chi connectivity index (χ2v) is 7.56. The SMILES string of the molecule is COc1cc(CC(=O)N2CCN(Cc3csc(C)n3)CC2)ccc1C. The van der Waals surface area contributed by atoms with Gasteiger partial charge in [0.2, 0.25) is 5.91 Å². The fourth-order valence-corrected chi connectivity index (χ4v) is 3.73. The van der Waals surface area contributed by atoms with E-state index in [-0.39, 0.29) is 5.91 Å². The molecule has 134 valence electrons. The summed E-state index contributed by atoms with van der Waals surface area (Å²) in [6.07, 6.45) is 0.432. The summed E-state index contributed by atoms with van der Waals surface area (Å²) in [4.78, 5) is 21.4.